The van der Waals surface area contributed by atoms with Gasteiger partial charge in [-0.05, 0) is 40.4 Å². The summed E-state index contributed by atoms with van der Waals surface area (Å²) in [5, 5.41) is 3.85. The van der Waals surface area contributed by atoms with E-state index in [0.717, 1.165) is 11.6 Å². The lowest BCUT2D eigenvalue weighted by Gasteiger charge is -2.15. The molecule has 1 aromatic carbocycles. The lowest BCUT2D eigenvalue weighted by Crippen LogP contribution is -2.29. The average Bonchev–Trinajstić information content (AvgIpc) is 2.85. The predicted octanol–water partition coefficient (Wildman–Crippen LogP) is 2.77. The highest BCUT2D eigenvalue weighted by Crippen LogP contribution is 2.22. The Balaban J connectivity index is 2.22. The van der Waals surface area contributed by atoms with Crippen molar-refractivity contribution in [3.63, 3.8) is 0 Å². The molecule has 90 valence electrons. The van der Waals surface area contributed by atoms with Gasteiger partial charge >= 0.3 is 0 Å². The van der Waals surface area contributed by atoms with Gasteiger partial charge in [0.1, 0.15) is 0 Å². The Morgan fingerprint density at radius 3 is 2.76 bits per heavy atom. The zero-order valence-corrected chi connectivity index (χ0v) is 9.81. The molecular formula is C12H12F2N2S. The van der Waals surface area contributed by atoms with Gasteiger partial charge in [-0.1, -0.05) is 12.1 Å². The molecule has 17 heavy (non-hydrogen) atoms. The van der Waals surface area contributed by atoms with Crippen molar-refractivity contribution >= 4 is 11.3 Å². The number of halogens is 2. The van der Waals surface area contributed by atoms with Gasteiger partial charge in [-0.25, -0.2) is 8.78 Å². The third kappa shape index (κ3) is 2.69. The lowest BCUT2D eigenvalue weighted by atomic mass is 10.0. The summed E-state index contributed by atoms with van der Waals surface area (Å²) in [7, 11) is 0. The van der Waals surface area contributed by atoms with E-state index in [0.29, 0.717) is 12.0 Å². The van der Waals surface area contributed by atoms with Gasteiger partial charge in [-0.2, -0.15) is 11.3 Å². The summed E-state index contributed by atoms with van der Waals surface area (Å²) in [5.41, 5.74) is 3.91. The van der Waals surface area contributed by atoms with Gasteiger partial charge in [0.2, 0.25) is 0 Å². The molecule has 0 saturated heterocycles. The third-order valence-electron chi connectivity index (χ3n) is 2.60. The molecule has 0 fully saturated rings. The number of nitrogens with two attached hydrogens (primary N) is 1. The first-order chi connectivity index (χ1) is 8.22. The van der Waals surface area contributed by atoms with Crippen molar-refractivity contribution in [1.82, 2.24) is 5.43 Å². The Labute approximate surface area is 102 Å². The van der Waals surface area contributed by atoms with E-state index in [-0.39, 0.29) is 6.04 Å². The Kier molecular flexibility index (Phi) is 3.83. The zero-order chi connectivity index (χ0) is 12.3. The van der Waals surface area contributed by atoms with Crippen LogP contribution in [-0.2, 0) is 6.42 Å². The predicted molar refractivity (Wildman–Crippen MR) is 64.4 cm³/mol. The van der Waals surface area contributed by atoms with Gasteiger partial charge in [0.15, 0.2) is 11.6 Å². The number of hydrazine groups is 1. The minimum Gasteiger partial charge on any atom is -0.271 e. The molecular weight excluding hydrogens is 242 g/mol. The number of hydrogen-bond acceptors (Lipinski definition) is 3. The van der Waals surface area contributed by atoms with Crippen LogP contribution in [0, 0.1) is 11.6 Å². The molecule has 1 aromatic heterocycles. The largest absolute Gasteiger partial charge is 0.271 e. The van der Waals surface area contributed by atoms with Crippen LogP contribution in [0.4, 0.5) is 8.78 Å². The maximum absolute atomic E-state index is 13.5. The molecule has 0 spiro atoms. The van der Waals surface area contributed by atoms with Crippen LogP contribution in [-0.4, -0.2) is 0 Å². The SMILES string of the molecule is NNC(Cc1cccc(F)c1F)c1ccsc1. The van der Waals surface area contributed by atoms with Crippen LogP contribution < -0.4 is 11.3 Å². The molecule has 1 atom stereocenters. The van der Waals surface area contributed by atoms with Crippen molar-refractivity contribution in [2.24, 2.45) is 5.84 Å². The molecule has 0 amide bonds. The summed E-state index contributed by atoms with van der Waals surface area (Å²) in [6.07, 6.45) is 0.316. The van der Waals surface area contributed by atoms with E-state index < -0.39 is 11.6 Å². The van der Waals surface area contributed by atoms with Crippen LogP contribution in [0.3, 0.4) is 0 Å². The van der Waals surface area contributed by atoms with Crippen molar-refractivity contribution in [2.75, 3.05) is 0 Å². The molecule has 1 unspecified atom stereocenters. The minimum absolute atomic E-state index is 0.211. The van der Waals surface area contributed by atoms with Crippen LogP contribution in [0.1, 0.15) is 17.2 Å². The van der Waals surface area contributed by atoms with Crippen molar-refractivity contribution in [3.8, 4) is 0 Å². The van der Waals surface area contributed by atoms with E-state index in [9.17, 15) is 8.78 Å². The molecule has 0 aliphatic carbocycles. The summed E-state index contributed by atoms with van der Waals surface area (Å²) in [5.74, 6) is 3.81. The normalized spacial score (nSPS) is 12.6. The maximum atomic E-state index is 13.5. The van der Waals surface area contributed by atoms with E-state index in [2.05, 4.69) is 5.43 Å². The van der Waals surface area contributed by atoms with E-state index in [1.54, 1.807) is 6.07 Å². The van der Waals surface area contributed by atoms with Crippen LogP contribution in [0.25, 0.3) is 0 Å². The minimum atomic E-state index is -0.830. The second kappa shape index (κ2) is 5.35. The molecule has 0 radical (unpaired) electrons. The van der Waals surface area contributed by atoms with E-state index in [4.69, 9.17) is 5.84 Å². The first kappa shape index (κ1) is 12.2. The summed E-state index contributed by atoms with van der Waals surface area (Å²) < 4.78 is 26.6. The molecule has 0 bridgehead atoms. The summed E-state index contributed by atoms with van der Waals surface area (Å²) in [6.45, 7) is 0. The fraction of sp³-hybridized carbons (Fsp3) is 0.167. The van der Waals surface area contributed by atoms with E-state index in [1.165, 1.54) is 17.4 Å². The monoisotopic (exact) mass is 254 g/mol. The summed E-state index contributed by atoms with van der Waals surface area (Å²) >= 11 is 1.54. The zero-order valence-electron chi connectivity index (χ0n) is 8.99. The van der Waals surface area contributed by atoms with Crippen LogP contribution >= 0.6 is 11.3 Å². The fourth-order valence-corrected chi connectivity index (χ4v) is 2.39. The first-order valence-electron chi connectivity index (χ1n) is 5.13. The van der Waals surface area contributed by atoms with Crippen molar-refractivity contribution < 1.29 is 8.78 Å². The van der Waals surface area contributed by atoms with Gasteiger partial charge in [0.25, 0.3) is 0 Å². The Hall–Kier alpha value is -1.30. The van der Waals surface area contributed by atoms with Crippen molar-refractivity contribution in [3.05, 3.63) is 57.8 Å². The second-order valence-corrected chi connectivity index (χ2v) is 4.47. The topological polar surface area (TPSA) is 38.0 Å². The van der Waals surface area contributed by atoms with E-state index in [1.807, 2.05) is 16.8 Å². The average molecular weight is 254 g/mol. The number of nitrogens with one attached hydrogen (secondary N) is 1. The summed E-state index contributed by atoms with van der Waals surface area (Å²) in [4.78, 5) is 0. The highest BCUT2D eigenvalue weighted by Gasteiger charge is 2.15. The molecule has 0 saturated carbocycles. The van der Waals surface area contributed by atoms with Crippen LogP contribution in [0.2, 0.25) is 0 Å². The van der Waals surface area contributed by atoms with E-state index >= 15 is 0 Å². The molecule has 0 aliphatic rings. The van der Waals surface area contributed by atoms with Gasteiger partial charge < -0.3 is 0 Å². The Morgan fingerprint density at radius 1 is 1.29 bits per heavy atom. The fourth-order valence-electron chi connectivity index (χ4n) is 1.67. The molecule has 2 rings (SSSR count). The quantitative estimate of drug-likeness (QED) is 0.650. The van der Waals surface area contributed by atoms with Crippen molar-refractivity contribution in [2.45, 2.75) is 12.5 Å². The van der Waals surface area contributed by atoms with Gasteiger partial charge in [0, 0.05) is 0 Å². The molecule has 3 N–H and O–H groups in total. The smallest absolute Gasteiger partial charge is 0.162 e. The Morgan fingerprint density at radius 2 is 2.12 bits per heavy atom. The highest BCUT2D eigenvalue weighted by molar-refractivity contribution is 7.07. The first-order valence-corrected chi connectivity index (χ1v) is 6.07. The Bertz CT molecular complexity index is 485. The lowest BCUT2D eigenvalue weighted by molar-refractivity contribution is 0.481. The second-order valence-electron chi connectivity index (χ2n) is 3.69. The molecule has 1 heterocycles. The highest BCUT2D eigenvalue weighted by atomic mass is 32.1. The molecule has 2 nitrogen and oxygen atoms in total. The number of thiophene rings is 1. The van der Waals surface area contributed by atoms with Gasteiger partial charge in [0.05, 0.1) is 6.04 Å². The van der Waals surface area contributed by atoms with Crippen LogP contribution in [0.5, 0.6) is 0 Å². The van der Waals surface area contributed by atoms with Gasteiger partial charge in [-0.15, -0.1) is 0 Å². The molecule has 0 aliphatic heterocycles. The number of benzene rings is 1. The number of hydrogen-bond donors (Lipinski definition) is 2. The van der Waals surface area contributed by atoms with Crippen molar-refractivity contribution in [1.29, 1.82) is 0 Å². The molecule has 5 heteroatoms. The van der Waals surface area contributed by atoms with Crippen LogP contribution in [0.15, 0.2) is 35.0 Å². The maximum Gasteiger partial charge on any atom is 0.162 e. The number of rotatable bonds is 4. The molecule has 2 aromatic rings. The van der Waals surface area contributed by atoms with Gasteiger partial charge in [-0.3, -0.25) is 11.3 Å². The summed E-state index contributed by atoms with van der Waals surface area (Å²) in [6, 6.07) is 5.86. The standard InChI is InChI=1S/C12H12F2N2S/c13-10-3-1-2-8(12(10)14)6-11(16-15)9-4-5-17-7-9/h1-5,7,11,16H,6,15H2. The third-order valence-corrected chi connectivity index (χ3v) is 3.30.